The summed E-state index contributed by atoms with van der Waals surface area (Å²) in [6, 6.07) is 0. The molecule has 1 rings (SSSR count). The van der Waals surface area contributed by atoms with Crippen LogP contribution in [0, 0.1) is 0 Å². The van der Waals surface area contributed by atoms with Crippen LogP contribution in [0.1, 0.15) is 86.0 Å². The normalized spacial score (nSPS) is 13.3. The predicted octanol–water partition coefficient (Wildman–Crippen LogP) is 7.25. The summed E-state index contributed by atoms with van der Waals surface area (Å²) in [6.07, 6.45) is 9.99. The van der Waals surface area contributed by atoms with E-state index in [2.05, 4.69) is 65.8 Å². The Kier molecular flexibility index (Phi) is 10.6. The Morgan fingerprint density at radius 1 is 0.963 bits per heavy atom. The van der Waals surface area contributed by atoms with Crippen molar-refractivity contribution in [2.24, 2.45) is 0 Å². The van der Waals surface area contributed by atoms with Gasteiger partial charge in [0, 0.05) is 0 Å². The monoisotopic (exact) mass is 503 g/mol. The van der Waals surface area contributed by atoms with Gasteiger partial charge in [-0.1, -0.05) is 0 Å². The minimum atomic E-state index is -2.50. The van der Waals surface area contributed by atoms with Crippen molar-refractivity contribution < 1.29 is 8.84 Å². The zero-order valence-corrected chi connectivity index (χ0v) is 23.3. The van der Waals surface area contributed by atoms with Crippen molar-refractivity contribution in [3.05, 3.63) is 12.1 Å². The molecule has 1 aromatic rings. The molecular weight excluding hydrogens is 457 g/mol. The van der Waals surface area contributed by atoms with Gasteiger partial charge in [0.2, 0.25) is 0 Å². The van der Waals surface area contributed by atoms with E-state index in [0.29, 0.717) is 6.61 Å². The van der Waals surface area contributed by atoms with Crippen LogP contribution in [0.5, 0.6) is 0 Å². The Morgan fingerprint density at radius 3 is 1.85 bits per heavy atom. The van der Waals surface area contributed by atoms with Crippen LogP contribution in [0.15, 0.2) is 10.6 Å². The Labute approximate surface area is 174 Å². The second-order valence-electron chi connectivity index (χ2n) is 9.76. The molecule has 0 bridgehead atoms. The Morgan fingerprint density at radius 2 is 1.44 bits per heavy atom. The molecule has 1 aromatic heterocycles. The fourth-order valence-electron chi connectivity index (χ4n) is 3.37. The summed E-state index contributed by atoms with van der Waals surface area (Å²) in [7, 11) is -1.77. The van der Waals surface area contributed by atoms with E-state index >= 15 is 0 Å². The molecule has 0 spiro atoms. The van der Waals surface area contributed by atoms with Crippen LogP contribution in [-0.2, 0) is 11.0 Å². The van der Waals surface area contributed by atoms with Gasteiger partial charge in [0.25, 0.3) is 0 Å². The molecule has 0 aromatic carbocycles. The third-order valence-corrected chi connectivity index (χ3v) is 25.8. The fraction of sp³-hybridized carbons (Fsp3) is 0.864. The van der Waals surface area contributed by atoms with Gasteiger partial charge >= 0.3 is 175 Å². The molecule has 0 atom stereocenters. The van der Waals surface area contributed by atoms with Crippen LogP contribution in [0.25, 0.3) is 0 Å². The van der Waals surface area contributed by atoms with Gasteiger partial charge in [-0.2, -0.15) is 0 Å². The minimum absolute atomic E-state index is 0.217. The van der Waals surface area contributed by atoms with Crippen molar-refractivity contribution in [2.75, 3.05) is 0 Å². The summed E-state index contributed by atoms with van der Waals surface area (Å²) in [5.74, 6) is 0.806. The van der Waals surface area contributed by atoms with E-state index in [4.69, 9.17) is 8.84 Å². The number of oxazole rings is 1. The molecule has 1 heterocycles. The summed E-state index contributed by atoms with van der Waals surface area (Å²) in [4.78, 5) is 4.67. The Bertz CT molecular complexity index is 515. The summed E-state index contributed by atoms with van der Waals surface area (Å²) >= 11 is -2.50. The van der Waals surface area contributed by atoms with Gasteiger partial charge in [-0.15, -0.1) is 0 Å². The Hall–Kier alpha value is 0.186. The first-order chi connectivity index (χ1) is 12.6. The number of unbranched alkanes of at least 4 members (excludes halogenated alkanes) is 3. The zero-order valence-electron chi connectivity index (χ0n) is 19.4. The topological polar surface area (TPSA) is 35.3 Å². The molecular formula is C22H45NO2SiSn. The number of hydrogen-bond donors (Lipinski definition) is 0. The summed E-state index contributed by atoms with van der Waals surface area (Å²) < 4.78 is 18.4. The maximum atomic E-state index is 6.43. The molecule has 5 heteroatoms. The van der Waals surface area contributed by atoms with Crippen LogP contribution < -0.4 is 3.78 Å². The maximum absolute atomic E-state index is 6.43. The molecule has 0 saturated heterocycles. The molecule has 0 aliphatic carbocycles. The van der Waals surface area contributed by atoms with E-state index in [0.717, 1.165) is 5.89 Å². The van der Waals surface area contributed by atoms with Crippen LogP contribution in [-0.4, -0.2) is 31.7 Å². The molecule has 0 aliphatic heterocycles. The number of nitrogens with zero attached hydrogens (tertiary/aromatic N) is 1. The quantitative estimate of drug-likeness (QED) is 0.267. The van der Waals surface area contributed by atoms with E-state index < -0.39 is 26.7 Å². The van der Waals surface area contributed by atoms with E-state index in [1.165, 1.54) is 55.6 Å². The molecule has 0 saturated carbocycles. The van der Waals surface area contributed by atoms with E-state index in [1.54, 1.807) is 0 Å². The SMILES string of the molecule is CCC[CH2][Sn]([CH2]CCC)([CH2]CCC)[c]1cnc(CO[Si](C)(C)C(C)(C)C)o1. The first-order valence-electron chi connectivity index (χ1n) is 11.2. The molecule has 3 nitrogen and oxygen atoms in total. The second kappa shape index (κ2) is 11.4. The number of rotatable bonds is 13. The van der Waals surface area contributed by atoms with Crippen molar-refractivity contribution in [3.63, 3.8) is 0 Å². The van der Waals surface area contributed by atoms with Gasteiger partial charge in [-0.3, -0.25) is 0 Å². The van der Waals surface area contributed by atoms with Crippen molar-refractivity contribution in [3.8, 4) is 0 Å². The van der Waals surface area contributed by atoms with Gasteiger partial charge in [0.15, 0.2) is 0 Å². The first kappa shape index (κ1) is 25.2. The molecule has 27 heavy (non-hydrogen) atoms. The molecule has 0 fully saturated rings. The molecule has 0 amide bonds. The van der Waals surface area contributed by atoms with Gasteiger partial charge in [-0.05, 0) is 0 Å². The average molecular weight is 502 g/mol. The third-order valence-electron chi connectivity index (χ3n) is 6.47. The number of hydrogen-bond acceptors (Lipinski definition) is 3. The van der Waals surface area contributed by atoms with Gasteiger partial charge in [0.1, 0.15) is 0 Å². The molecule has 158 valence electrons. The number of aromatic nitrogens is 1. The van der Waals surface area contributed by atoms with Crippen LogP contribution >= 0.6 is 0 Å². The second-order valence-corrected chi connectivity index (χ2v) is 27.6. The van der Waals surface area contributed by atoms with Gasteiger partial charge in [0.05, 0.1) is 0 Å². The predicted molar refractivity (Wildman–Crippen MR) is 123 cm³/mol. The first-order valence-corrected chi connectivity index (χ1v) is 21.6. The standard InChI is InChI=1S/C10H18NO2Si.3C4H9.Sn/c1-10(2,3)14(4,5)13-8-9-11-6-7-12-9;3*1-3-4-2;/h6H,8H2,1-5H3;3*1,3-4H2,2H3;. The summed E-state index contributed by atoms with van der Waals surface area (Å²) in [6.45, 7) is 18.9. The summed E-state index contributed by atoms with van der Waals surface area (Å²) in [5.41, 5.74) is 0. The van der Waals surface area contributed by atoms with Crippen molar-refractivity contribution in [1.82, 2.24) is 4.98 Å². The van der Waals surface area contributed by atoms with Gasteiger partial charge in [-0.25, -0.2) is 0 Å². The van der Waals surface area contributed by atoms with Crippen LogP contribution in [0.3, 0.4) is 0 Å². The van der Waals surface area contributed by atoms with Crippen molar-refractivity contribution >= 4 is 30.5 Å². The zero-order chi connectivity index (χ0) is 20.6. The average Bonchev–Trinajstić information content (AvgIpc) is 3.08. The molecule has 0 N–H and O–H groups in total. The molecule has 0 radical (unpaired) electrons. The fourth-order valence-corrected chi connectivity index (χ4v) is 19.3. The van der Waals surface area contributed by atoms with E-state index in [9.17, 15) is 0 Å². The molecule has 0 aliphatic rings. The van der Waals surface area contributed by atoms with E-state index in [1.807, 2.05) is 0 Å². The van der Waals surface area contributed by atoms with E-state index in [-0.39, 0.29) is 5.04 Å². The van der Waals surface area contributed by atoms with Crippen molar-refractivity contribution in [1.29, 1.82) is 0 Å². The third kappa shape index (κ3) is 7.50. The van der Waals surface area contributed by atoms with Gasteiger partial charge < -0.3 is 0 Å². The summed E-state index contributed by atoms with van der Waals surface area (Å²) in [5, 5.41) is 0.217. The Balaban J connectivity index is 2.99. The van der Waals surface area contributed by atoms with Crippen LogP contribution in [0.4, 0.5) is 0 Å². The van der Waals surface area contributed by atoms with Crippen molar-refractivity contribution in [2.45, 2.75) is 118 Å². The van der Waals surface area contributed by atoms with Crippen LogP contribution in [0.2, 0.25) is 31.4 Å². The molecule has 0 unspecified atom stereocenters.